The minimum absolute atomic E-state index is 0.212. The van der Waals surface area contributed by atoms with Gasteiger partial charge >= 0.3 is 0 Å². The first-order valence-corrected chi connectivity index (χ1v) is 7.92. The van der Waals surface area contributed by atoms with E-state index in [1.807, 2.05) is 6.07 Å². The van der Waals surface area contributed by atoms with Crippen LogP contribution in [-0.2, 0) is 9.59 Å². The van der Waals surface area contributed by atoms with E-state index >= 15 is 0 Å². The second kappa shape index (κ2) is 8.74. The van der Waals surface area contributed by atoms with Crippen LogP contribution in [0.5, 0.6) is 0 Å². The van der Waals surface area contributed by atoms with Crippen molar-refractivity contribution in [2.24, 2.45) is 0 Å². The molecule has 0 radical (unpaired) electrons. The van der Waals surface area contributed by atoms with E-state index in [-0.39, 0.29) is 18.2 Å². The molecular formula is C18H21N3O2. The zero-order valence-corrected chi connectivity index (χ0v) is 13.1. The van der Waals surface area contributed by atoms with E-state index in [4.69, 9.17) is 5.26 Å². The van der Waals surface area contributed by atoms with Gasteiger partial charge < -0.3 is 10.6 Å². The Labute approximate surface area is 136 Å². The van der Waals surface area contributed by atoms with Gasteiger partial charge in [0, 0.05) is 12.2 Å². The summed E-state index contributed by atoms with van der Waals surface area (Å²) in [6.07, 6.45) is 7.63. The summed E-state index contributed by atoms with van der Waals surface area (Å²) in [5.41, 5.74) is 2.39. The van der Waals surface area contributed by atoms with Crippen LogP contribution in [0.25, 0.3) is 0 Å². The van der Waals surface area contributed by atoms with Gasteiger partial charge in [-0.1, -0.05) is 17.7 Å². The molecule has 5 nitrogen and oxygen atoms in total. The van der Waals surface area contributed by atoms with Crippen molar-refractivity contribution in [1.29, 1.82) is 5.26 Å². The predicted octanol–water partition coefficient (Wildman–Crippen LogP) is 2.89. The van der Waals surface area contributed by atoms with Crippen LogP contribution in [0, 0.1) is 11.3 Å². The predicted molar refractivity (Wildman–Crippen MR) is 88.6 cm³/mol. The smallest absolute Gasteiger partial charge is 0.233 e. The molecule has 2 rings (SSSR count). The van der Waals surface area contributed by atoms with E-state index in [0.29, 0.717) is 17.8 Å². The Morgan fingerprint density at radius 2 is 2.09 bits per heavy atom. The maximum Gasteiger partial charge on any atom is 0.233 e. The van der Waals surface area contributed by atoms with Gasteiger partial charge in [0.2, 0.25) is 11.8 Å². The standard InChI is InChI=1S/C18H21N3O2/c19-13-15-7-4-8-16(11-15)21-18(23)12-17(22)20-10-9-14-5-2-1-3-6-14/h4-5,7-8,11H,1-3,6,9-10,12H2,(H,20,22)(H,21,23). The topological polar surface area (TPSA) is 82.0 Å². The first kappa shape index (κ1) is 16.8. The van der Waals surface area contributed by atoms with Crippen molar-refractivity contribution >= 4 is 17.5 Å². The average Bonchev–Trinajstić information content (AvgIpc) is 2.56. The maximum absolute atomic E-state index is 11.8. The summed E-state index contributed by atoms with van der Waals surface area (Å²) in [5.74, 6) is -0.662. The molecule has 0 saturated heterocycles. The first-order valence-electron chi connectivity index (χ1n) is 7.92. The van der Waals surface area contributed by atoms with Gasteiger partial charge in [0.1, 0.15) is 6.42 Å². The fraction of sp³-hybridized carbons (Fsp3) is 0.389. The van der Waals surface area contributed by atoms with E-state index in [1.165, 1.54) is 18.4 Å². The number of nitrogens with zero attached hydrogens (tertiary/aromatic N) is 1. The van der Waals surface area contributed by atoms with Crippen molar-refractivity contribution < 1.29 is 9.59 Å². The number of amides is 2. The minimum atomic E-state index is -0.380. The number of anilines is 1. The lowest BCUT2D eigenvalue weighted by Gasteiger charge is -2.13. The zero-order chi connectivity index (χ0) is 16.5. The van der Waals surface area contributed by atoms with Crippen molar-refractivity contribution in [1.82, 2.24) is 5.32 Å². The molecule has 0 unspecified atom stereocenters. The fourth-order valence-electron chi connectivity index (χ4n) is 2.57. The highest BCUT2D eigenvalue weighted by molar-refractivity contribution is 6.03. The lowest BCUT2D eigenvalue weighted by molar-refractivity contribution is -0.126. The highest BCUT2D eigenvalue weighted by Crippen LogP contribution is 2.19. The van der Waals surface area contributed by atoms with Crippen molar-refractivity contribution in [2.75, 3.05) is 11.9 Å². The Hall–Kier alpha value is -2.61. The Balaban J connectivity index is 1.70. The van der Waals surface area contributed by atoms with Gasteiger partial charge in [-0.05, 0) is 50.3 Å². The molecule has 0 aliphatic heterocycles. The summed E-state index contributed by atoms with van der Waals surface area (Å²) in [7, 11) is 0. The average molecular weight is 311 g/mol. The number of hydrogen-bond acceptors (Lipinski definition) is 3. The molecule has 2 amide bonds. The van der Waals surface area contributed by atoms with Gasteiger partial charge in [-0.2, -0.15) is 5.26 Å². The molecule has 2 N–H and O–H groups in total. The van der Waals surface area contributed by atoms with E-state index in [0.717, 1.165) is 19.3 Å². The molecule has 0 saturated carbocycles. The van der Waals surface area contributed by atoms with Crippen LogP contribution >= 0.6 is 0 Å². The van der Waals surface area contributed by atoms with Crippen LogP contribution in [0.3, 0.4) is 0 Å². The number of hydrogen-bond donors (Lipinski definition) is 2. The van der Waals surface area contributed by atoms with Gasteiger partial charge in [-0.15, -0.1) is 0 Å². The third-order valence-corrected chi connectivity index (χ3v) is 3.75. The third-order valence-electron chi connectivity index (χ3n) is 3.75. The van der Waals surface area contributed by atoms with Crippen molar-refractivity contribution in [2.45, 2.75) is 38.5 Å². The van der Waals surface area contributed by atoms with Crippen molar-refractivity contribution in [3.63, 3.8) is 0 Å². The number of nitrogens with one attached hydrogen (secondary N) is 2. The highest BCUT2D eigenvalue weighted by Gasteiger charge is 2.10. The molecule has 0 spiro atoms. The van der Waals surface area contributed by atoms with Crippen LogP contribution in [0.4, 0.5) is 5.69 Å². The van der Waals surface area contributed by atoms with E-state index in [1.54, 1.807) is 24.3 Å². The summed E-state index contributed by atoms with van der Waals surface area (Å²) in [4.78, 5) is 23.6. The molecule has 1 aromatic carbocycles. The normalized spacial score (nSPS) is 13.6. The van der Waals surface area contributed by atoms with Crippen LogP contribution in [0.15, 0.2) is 35.9 Å². The zero-order valence-electron chi connectivity index (χ0n) is 13.1. The second-order valence-corrected chi connectivity index (χ2v) is 5.63. The molecule has 23 heavy (non-hydrogen) atoms. The number of rotatable bonds is 6. The molecule has 0 atom stereocenters. The van der Waals surface area contributed by atoms with Crippen molar-refractivity contribution in [3.05, 3.63) is 41.5 Å². The monoisotopic (exact) mass is 311 g/mol. The van der Waals surface area contributed by atoms with Gasteiger partial charge in [-0.25, -0.2) is 0 Å². The lowest BCUT2D eigenvalue weighted by atomic mass is 9.97. The fourth-order valence-corrected chi connectivity index (χ4v) is 2.57. The van der Waals surface area contributed by atoms with E-state index < -0.39 is 0 Å². The highest BCUT2D eigenvalue weighted by atomic mass is 16.2. The van der Waals surface area contributed by atoms with Crippen molar-refractivity contribution in [3.8, 4) is 6.07 Å². The molecule has 1 aliphatic carbocycles. The van der Waals surface area contributed by atoms with Gasteiger partial charge in [0.15, 0.2) is 0 Å². The van der Waals surface area contributed by atoms with Crippen LogP contribution in [0.1, 0.15) is 44.1 Å². The number of benzene rings is 1. The Morgan fingerprint density at radius 3 is 2.83 bits per heavy atom. The van der Waals surface area contributed by atoms with Gasteiger partial charge in [-0.3, -0.25) is 9.59 Å². The molecule has 0 fully saturated rings. The molecule has 0 aromatic heterocycles. The Bertz CT molecular complexity index is 644. The Morgan fingerprint density at radius 1 is 1.22 bits per heavy atom. The summed E-state index contributed by atoms with van der Waals surface area (Å²) >= 11 is 0. The number of carbonyl (C=O) groups is 2. The molecule has 1 aliphatic rings. The summed E-state index contributed by atoms with van der Waals surface area (Å²) in [6.45, 7) is 0.571. The molecule has 0 bridgehead atoms. The van der Waals surface area contributed by atoms with Crippen LogP contribution in [0.2, 0.25) is 0 Å². The van der Waals surface area contributed by atoms with Gasteiger partial charge in [0.05, 0.1) is 11.6 Å². The first-order chi connectivity index (χ1) is 11.2. The third kappa shape index (κ3) is 5.95. The number of carbonyl (C=O) groups excluding carboxylic acids is 2. The summed E-state index contributed by atoms with van der Waals surface area (Å²) < 4.78 is 0. The SMILES string of the molecule is N#Cc1cccc(NC(=O)CC(=O)NCCC2=CCCCC2)c1. The molecule has 0 heterocycles. The molecular weight excluding hydrogens is 290 g/mol. The molecule has 5 heteroatoms. The van der Waals surface area contributed by atoms with Gasteiger partial charge in [0.25, 0.3) is 0 Å². The molecule has 120 valence electrons. The minimum Gasteiger partial charge on any atom is -0.355 e. The number of allylic oxidation sites excluding steroid dienone is 1. The van der Waals surface area contributed by atoms with E-state index in [2.05, 4.69) is 16.7 Å². The maximum atomic E-state index is 11.8. The Kier molecular flexibility index (Phi) is 6.37. The van der Waals surface area contributed by atoms with E-state index in [9.17, 15) is 9.59 Å². The largest absolute Gasteiger partial charge is 0.355 e. The second-order valence-electron chi connectivity index (χ2n) is 5.63. The quantitative estimate of drug-likeness (QED) is 0.626. The summed E-state index contributed by atoms with van der Waals surface area (Å²) in [5, 5.41) is 14.2. The molecule has 1 aromatic rings. The van der Waals surface area contributed by atoms with Crippen LogP contribution < -0.4 is 10.6 Å². The summed E-state index contributed by atoms with van der Waals surface area (Å²) in [6, 6.07) is 8.61. The van der Waals surface area contributed by atoms with Crippen LogP contribution in [-0.4, -0.2) is 18.4 Å². The lowest BCUT2D eigenvalue weighted by Crippen LogP contribution is -2.29. The number of nitriles is 1.